The lowest BCUT2D eigenvalue weighted by Gasteiger charge is -2.25. The molecular weight excluding hydrogens is 553 g/mol. The van der Waals surface area contributed by atoms with Crippen LogP contribution in [-0.4, -0.2) is 108 Å². The Balaban J connectivity index is 0.000000520. The zero-order chi connectivity index (χ0) is 30.5. The molecule has 2 aromatic rings. The van der Waals surface area contributed by atoms with Gasteiger partial charge in [-0.05, 0) is 42.4 Å². The Labute approximate surface area is 232 Å². The van der Waals surface area contributed by atoms with Crippen molar-refractivity contribution in [3.63, 3.8) is 0 Å². The highest BCUT2D eigenvalue weighted by atomic mass is 31.2. The van der Waals surface area contributed by atoms with Crippen molar-refractivity contribution in [1.82, 2.24) is 5.32 Å². The molecule has 0 heterocycles. The van der Waals surface area contributed by atoms with Crippen molar-refractivity contribution in [2.45, 2.75) is 24.4 Å². The summed E-state index contributed by atoms with van der Waals surface area (Å²) in [7, 11) is 2.83. The second kappa shape index (κ2) is 17.0. The van der Waals surface area contributed by atoms with Crippen molar-refractivity contribution < 1.29 is 63.4 Å². The molecule has 0 unspecified atom stereocenters. The van der Waals surface area contributed by atoms with Gasteiger partial charge in [0.25, 0.3) is 0 Å². The van der Waals surface area contributed by atoms with E-state index in [4.69, 9.17) is 49.2 Å². The Morgan fingerprint density at radius 1 is 0.775 bits per heavy atom. The van der Waals surface area contributed by atoms with E-state index < -0.39 is 38.8 Å². The summed E-state index contributed by atoms with van der Waals surface area (Å²) >= 11 is 0. The zero-order valence-corrected chi connectivity index (χ0v) is 23.7. The summed E-state index contributed by atoms with van der Waals surface area (Å²) in [5.41, 5.74) is 1.42. The average molecular weight is 592 g/mol. The number of hydrogen-bond donors (Lipinski definition) is 8. The third-order valence-electron chi connectivity index (χ3n) is 5.30. The number of benzene rings is 2. The molecule has 15 heteroatoms. The van der Waals surface area contributed by atoms with Gasteiger partial charge in [-0.2, -0.15) is 0 Å². The molecule has 0 fully saturated rings. The molecule has 0 aliphatic carbocycles. The highest BCUT2D eigenvalue weighted by molar-refractivity contribution is 7.46. The molecule has 0 spiro atoms. The SMILES string of the molecule is CNC[C@H](O)[C@@H](O)[C@H](O)[C@H](O)CO.COc1ccc(/C=C/c2cc(OC)c(OC)c(OC)c2)cc1OP(=O)(O)O. The number of nitrogens with one attached hydrogen (secondary N) is 1. The van der Waals surface area contributed by atoms with Crippen LogP contribution in [-0.2, 0) is 4.57 Å². The van der Waals surface area contributed by atoms with Gasteiger partial charge in [-0.15, -0.1) is 0 Å². The molecule has 0 aromatic heterocycles. The molecule has 40 heavy (non-hydrogen) atoms. The lowest BCUT2D eigenvalue weighted by atomic mass is 10.0. The first-order valence-corrected chi connectivity index (χ1v) is 13.3. The molecule has 0 amide bonds. The normalized spacial score (nSPS) is 14.4. The first-order chi connectivity index (χ1) is 18.8. The van der Waals surface area contributed by atoms with Crippen LogP contribution in [0, 0.1) is 0 Å². The van der Waals surface area contributed by atoms with Crippen LogP contribution in [0.2, 0.25) is 0 Å². The van der Waals surface area contributed by atoms with Gasteiger partial charge >= 0.3 is 7.82 Å². The van der Waals surface area contributed by atoms with Crippen LogP contribution in [0.4, 0.5) is 0 Å². The Morgan fingerprint density at radius 3 is 1.73 bits per heavy atom. The van der Waals surface area contributed by atoms with E-state index in [0.717, 1.165) is 5.56 Å². The van der Waals surface area contributed by atoms with Crippen LogP contribution >= 0.6 is 7.82 Å². The summed E-state index contributed by atoms with van der Waals surface area (Å²) < 4.78 is 36.8. The number of hydrogen-bond acceptors (Lipinski definition) is 12. The second-order valence-electron chi connectivity index (χ2n) is 8.14. The summed E-state index contributed by atoms with van der Waals surface area (Å²) in [5, 5.41) is 47.5. The maximum Gasteiger partial charge on any atom is 0.524 e. The molecule has 0 bridgehead atoms. The molecule has 2 aromatic carbocycles. The van der Waals surface area contributed by atoms with E-state index >= 15 is 0 Å². The van der Waals surface area contributed by atoms with E-state index in [0.29, 0.717) is 22.8 Å². The van der Waals surface area contributed by atoms with Gasteiger partial charge in [-0.25, -0.2) is 4.57 Å². The topological polar surface area (TPSA) is 217 Å². The van der Waals surface area contributed by atoms with Crippen LogP contribution in [0.5, 0.6) is 28.7 Å². The van der Waals surface area contributed by atoms with E-state index in [2.05, 4.69) is 9.84 Å². The van der Waals surface area contributed by atoms with Crippen molar-refractivity contribution in [1.29, 1.82) is 0 Å². The van der Waals surface area contributed by atoms with Gasteiger partial charge in [0.2, 0.25) is 5.75 Å². The fourth-order valence-electron chi connectivity index (χ4n) is 3.28. The van der Waals surface area contributed by atoms with Crippen LogP contribution < -0.4 is 28.8 Å². The molecule has 14 nitrogen and oxygen atoms in total. The minimum Gasteiger partial charge on any atom is -0.493 e. The molecule has 226 valence electrons. The lowest BCUT2D eigenvalue weighted by Crippen LogP contribution is -2.48. The Morgan fingerprint density at radius 2 is 1.27 bits per heavy atom. The average Bonchev–Trinajstić information content (AvgIpc) is 2.93. The van der Waals surface area contributed by atoms with Gasteiger partial charge in [-0.1, -0.05) is 18.2 Å². The number of phosphoric acid groups is 1. The first kappa shape index (κ1) is 35.1. The monoisotopic (exact) mass is 591 g/mol. The van der Waals surface area contributed by atoms with Crippen molar-refractivity contribution >= 4 is 20.0 Å². The Hall–Kier alpha value is -2.91. The van der Waals surface area contributed by atoms with Crippen LogP contribution in [0.3, 0.4) is 0 Å². The van der Waals surface area contributed by atoms with Gasteiger partial charge in [0.05, 0.1) is 41.2 Å². The minimum absolute atomic E-state index is 0.0575. The van der Waals surface area contributed by atoms with Crippen molar-refractivity contribution in [2.75, 3.05) is 48.6 Å². The van der Waals surface area contributed by atoms with E-state index in [1.165, 1.54) is 34.5 Å². The lowest BCUT2D eigenvalue weighted by molar-refractivity contribution is -0.113. The molecule has 0 saturated heterocycles. The highest BCUT2D eigenvalue weighted by Gasteiger charge is 2.29. The first-order valence-electron chi connectivity index (χ1n) is 11.7. The fourth-order valence-corrected chi connectivity index (χ4v) is 3.68. The molecule has 2 rings (SSSR count). The molecule has 0 aliphatic rings. The van der Waals surface area contributed by atoms with E-state index in [-0.39, 0.29) is 18.0 Å². The number of aliphatic hydroxyl groups is 5. The van der Waals surface area contributed by atoms with Crippen molar-refractivity contribution in [3.8, 4) is 28.7 Å². The summed E-state index contributed by atoms with van der Waals surface area (Å²) in [5.74, 6) is 1.66. The summed E-state index contributed by atoms with van der Waals surface area (Å²) in [6, 6.07) is 8.29. The number of phosphoric ester groups is 1. The number of ether oxygens (including phenoxy) is 4. The predicted octanol–water partition coefficient (Wildman–Crippen LogP) is 0.00460. The molecule has 0 radical (unpaired) electrons. The van der Waals surface area contributed by atoms with Crippen LogP contribution in [0.25, 0.3) is 12.2 Å². The van der Waals surface area contributed by atoms with Gasteiger partial charge in [0.1, 0.15) is 18.3 Å². The standard InChI is InChI=1S/C18H21O8P.C7H17NO5/c1-22-14-8-7-12(9-15(14)26-27(19,20)21)5-6-13-10-16(23-2)18(25-4)17(11-13)24-3;1-8-2-4(10)6(12)7(13)5(11)3-9/h5-11H,1-4H3,(H2,19,20,21);4-13H,2-3H2,1H3/b6-5+;/t;4-,5+,6+,7+/m.0/s1. The number of methoxy groups -OCH3 is 4. The number of likely N-dealkylation sites (N-methyl/N-ethyl adjacent to an activating group) is 1. The number of rotatable bonds is 14. The Kier molecular flexibility index (Phi) is 14.9. The maximum atomic E-state index is 11.1. The zero-order valence-electron chi connectivity index (χ0n) is 22.8. The second-order valence-corrected chi connectivity index (χ2v) is 9.30. The summed E-state index contributed by atoms with van der Waals surface area (Å²) in [6.45, 7) is -0.569. The van der Waals surface area contributed by atoms with Crippen LogP contribution in [0.15, 0.2) is 30.3 Å². The van der Waals surface area contributed by atoms with Gasteiger partial charge in [0, 0.05) is 6.54 Å². The van der Waals surface area contributed by atoms with Gasteiger partial charge < -0.3 is 54.3 Å². The third-order valence-corrected chi connectivity index (χ3v) is 5.73. The van der Waals surface area contributed by atoms with E-state index in [1.807, 2.05) is 0 Å². The fraction of sp³-hybridized carbons (Fsp3) is 0.440. The highest BCUT2D eigenvalue weighted by Crippen LogP contribution is 2.42. The smallest absolute Gasteiger partial charge is 0.493 e. The van der Waals surface area contributed by atoms with Gasteiger partial charge in [0.15, 0.2) is 23.0 Å². The molecule has 0 saturated carbocycles. The van der Waals surface area contributed by atoms with Crippen molar-refractivity contribution in [3.05, 3.63) is 41.5 Å². The molecular formula is C25H38NO13P. The summed E-state index contributed by atoms with van der Waals surface area (Å²) in [6.07, 6.45) is -2.12. The molecule has 0 aliphatic heterocycles. The predicted molar refractivity (Wildman–Crippen MR) is 146 cm³/mol. The maximum absolute atomic E-state index is 11.1. The summed E-state index contributed by atoms with van der Waals surface area (Å²) in [4.78, 5) is 18.1. The van der Waals surface area contributed by atoms with Crippen LogP contribution in [0.1, 0.15) is 11.1 Å². The third kappa shape index (κ3) is 10.9. The largest absolute Gasteiger partial charge is 0.524 e. The number of aliphatic hydroxyl groups excluding tert-OH is 5. The quantitative estimate of drug-likeness (QED) is 0.107. The van der Waals surface area contributed by atoms with E-state index in [1.54, 1.807) is 43.5 Å². The molecule has 8 N–H and O–H groups in total. The minimum atomic E-state index is -4.71. The van der Waals surface area contributed by atoms with E-state index in [9.17, 15) is 9.67 Å². The van der Waals surface area contributed by atoms with Gasteiger partial charge in [-0.3, -0.25) is 9.79 Å². The molecule has 4 atom stereocenters. The Bertz CT molecular complexity index is 1100. The van der Waals surface area contributed by atoms with Crippen molar-refractivity contribution in [2.24, 2.45) is 0 Å².